The first kappa shape index (κ1) is 16.4. The first-order valence-electron chi connectivity index (χ1n) is 7.20. The molecule has 0 aliphatic heterocycles. The maximum atomic E-state index is 5.32. The maximum absolute atomic E-state index is 5.32. The van der Waals surface area contributed by atoms with Crippen LogP contribution in [0.3, 0.4) is 0 Å². The number of hydrogen-bond donors (Lipinski definition) is 1. The summed E-state index contributed by atoms with van der Waals surface area (Å²) in [5, 5.41) is 7.66. The van der Waals surface area contributed by atoms with Crippen LogP contribution in [0.1, 0.15) is 16.7 Å². The topological polar surface area (TPSA) is 36.9 Å². The number of aliphatic imine (C=N–C) groups is 1. The molecule has 4 nitrogen and oxygen atoms in total. The highest BCUT2D eigenvalue weighted by Gasteiger charge is 2.07. The van der Waals surface area contributed by atoms with E-state index in [-0.39, 0.29) is 0 Å². The van der Waals surface area contributed by atoms with Gasteiger partial charge in [0.2, 0.25) is 0 Å². The molecular weight excluding hydrogens is 294 g/mol. The van der Waals surface area contributed by atoms with Gasteiger partial charge in [-0.2, -0.15) is 11.3 Å². The largest absolute Gasteiger partial charge is 0.497 e. The van der Waals surface area contributed by atoms with Gasteiger partial charge in [0.05, 0.1) is 7.11 Å². The number of thiophene rings is 1. The molecule has 2 rings (SSSR count). The van der Waals surface area contributed by atoms with Gasteiger partial charge in [-0.3, -0.25) is 4.99 Å². The van der Waals surface area contributed by atoms with Crippen LogP contribution in [0.15, 0.2) is 40.0 Å². The minimum atomic E-state index is 0.721. The fourth-order valence-corrected chi connectivity index (χ4v) is 3.00. The van der Waals surface area contributed by atoms with Crippen molar-refractivity contribution in [2.24, 2.45) is 4.99 Å². The first-order valence-corrected chi connectivity index (χ1v) is 8.14. The minimum Gasteiger partial charge on any atom is -0.497 e. The summed E-state index contributed by atoms with van der Waals surface area (Å²) in [5.41, 5.74) is 3.67. The summed E-state index contributed by atoms with van der Waals surface area (Å²) in [7, 11) is 5.55. The number of benzene rings is 1. The SMILES string of the molecule is CN=C(NCc1cc(C)cc(OC)c1)N(C)Cc1ccsc1. The monoisotopic (exact) mass is 317 g/mol. The van der Waals surface area contributed by atoms with Gasteiger partial charge in [-0.25, -0.2) is 0 Å². The van der Waals surface area contributed by atoms with Gasteiger partial charge in [-0.15, -0.1) is 0 Å². The molecule has 1 aromatic carbocycles. The van der Waals surface area contributed by atoms with E-state index in [1.807, 2.05) is 26.2 Å². The van der Waals surface area contributed by atoms with Crippen molar-refractivity contribution in [3.05, 3.63) is 51.7 Å². The molecule has 0 aliphatic rings. The molecule has 118 valence electrons. The molecule has 0 saturated carbocycles. The van der Waals surface area contributed by atoms with E-state index in [2.05, 4.69) is 45.0 Å². The maximum Gasteiger partial charge on any atom is 0.193 e. The molecule has 0 spiro atoms. The number of aryl methyl sites for hydroxylation is 1. The molecule has 0 bridgehead atoms. The Labute approximate surface area is 136 Å². The Balaban J connectivity index is 1.97. The van der Waals surface area contributed by atoms with Crippen LogP contribution in [0.2, 0.25) is 0 Å². The van der Waals surface area contributed by atoms with E-state index in [9.17, 15) is 0 Å². The summed E-state index contributed by atoms with van der Waals surface area (Å²) in [5.74, 6) is 1.77. The molecule has 0 radical (unpaired) electrons. The van der Waals surface area contributed by atoms with E-state index < -0.39 is 0 Å². The number of ether oxygens (including phenoxy) is 1. The fraction of sp³-hybridized carbons (Fsp3) is 0.353. The zero-order chi connectivity index (χ0) is 15.9. The van der Waals surface area contributed by atoms with Crippen LogP contribution in [0.5, 0.6) is 5.75 Å². The third kappa shape index (κ3) is 4.49. The lowest BCUT2D eigenvalue weighted by Crippen LogP contribution is -2.37. The van der Waals surface area contributed by atoms with Crippen molar-refractivity contribution < 1.29 is 4.74 Å². The van der Waals surface area contributed by atoms with Gasteiger partial charge in [0, 0.05) is 27.2 Å². The smallest absolute Gasteiger partial charge is 0.193 e. The Morgan fingerprint density at radius 3 is 2.77 bits per heavy atom. The summed E-state index contributed by atoms with van der Waals surface area (Å²) in [6.45, 7) is 3.64. The van der Waals surface area contributed by atoms with Gasteiger partial charge in [-0.05, 0) is 52.6 Å². The summed E-state index contributed by atoms with van der Waals surface area (Å²) in [4.78, 5) is 6.47. The van der Waals surface area contributed by atoms with E-state index in [4.69, 9.17) is 4.74 Å². The lowest BCUT2D eigenvalue weighted by atomic mass is 10.1. The van der Waals surface area contributed by atoms with Gasteiger partial charge in [0.25, 0.3) is 0 Å². The van der Waals surface area contributed by atoms with E-state index in [1.165, 1.54) is 16.7 Å². The highest BCUT2D eigenvalue weighted by atomic mass is 32.1. The van der Waals surface area contributed by atoms with Crippen molar-refractivity contribution in [2.75, 3.05) is 21.2 Å². The predicted octanol–water partition coefficient (Wildman–Crippen LogP) is 3.27. The van der Waals surface area contributed by atoms with Crippen LogP contribution in [-0.4, -0.2) is 32.1 Å². The second-order valence-corrected chi connectivity index (χ2v) is 6.03. The highest BCUT2D eigenvalue weighted by Crippen LogP contribution is 2.16. The fourth-order valence-electron chi connectivity index (χ4n) is 2.34. The number of nitrogens with zero attached hydrogens (tertiary/aromatic N) is 2. The second kappa shape index (κ2) is 7.84. The molecule has 0 unspecified atom stereocenters. The molecule has 1 heterocycles. The lowest BCUT2D eigenvalue weighted by Gasteiger charge is -2.22. The summed E-state index contributed by atoms with van der Waals surface area (Å²) >= 11 is 1.72. The van der Waals surface area contributed by atoms with Crippen LogP contribution in [0.25, 0.3) is 0 Å². The predicted molar refractivity (Wildman–Crippen MR) is 93.7 cm³/mol. The van der Waals surface area contributed by atoms with Gasteiger partial charge in [0.15, 0.2) is 5.96 Å². The molecule has 1 aromatic heterocycles. The summed E-state index contributed by atoms with van der Waals surface area (Å²) in [6.07, 6.45) is 0. The van der Waals surface area contributed by atoms with E-state index in [0.717, 1.165) is 24.8 Å². The first-order chi connectivity index (χ1) is 10.6. The Bertz CT molecular complexity index is 623. The number of nitrogens with one attached hydrogen (secondary N) is 1. The molecule has 22 heavy (non-hydrogen) atoms. The highest BCUT2D eigenvalue weighted by molar-refractivity contribution is 7.07. The molecule has 0 fully saturated rings. The molecule has 2 aromatic rings. The molecule has 0 atom stereocenters. The van der Waals surface area contributed by atoms with Crippen molar-refractivity contribution in [1.82, 2.24) is 10.2 Å². The normalized spacial score (nSPS) is 11.4. The van der Waals surface area contributed by atoms with Crippen molar-refractivity contribution in [3.63, 3.8) is 0 Å². The third-order valence-corrected chi connectivity index (χ3v) is 4.10. The Kier molecular flexibility index (Phi) is 5.83. The number of guanidine groups is 1. The van der Waals surface area contributed by atoms with Gasteiger partial charge in [0.1, 0.15) is 5.75 Å². The average molecular weight is 317 g/mol. The van der Waals surface area contributed by atoms with Crippen LogP contribution in [0.4, 0.5) is 0 Å². The second-order valence-electron chi connectivity index (χ2n) is 5.25. The van der Waals surface area contributed by atoms with Crippen LogP contribution in [-0.2, 0) is 13.1 Å². The zero-order valence-corrected chi connectivity index (χ0v) is 14.4. The van der Waals surface area contributed by atoms with Gasteiger partial charge >= 0.3 is 0 Å². The van der Waals surface area contributed by atoms with E-state index in [0.29, 0.717) is 0 Å². The van der Waals surface area contributed by atoms with Crippen LogP contribution < -0.4 is 10.1 Å². The molecule has 0 aliphatic carbocycles. The zero-order valence-electron chi connectivity index (χ0n) is 13.6. The molecule has 1 N–H and O–H groups in total. The average Bonchev–Trinajstić information content (AvgIpc) is 3.00. The molecule has 0 amide bonds. The number of methoxy groups -OCH3 is 1. The van der Waals surface area contributed by atoms with Crippen molar-refractivity contribution in [3.8, 4) is 5.75 Å². The number of rotatable bonds is 5. The van der Waals surface area contributed by atoms with Crippen LogP contribution >= 0.6 is 11.3 Å². The minimum absolute atomic E-state index is 0.721. The quantitative estimate of drug-likeness (QED) is 0.679. The Morgan fingerprint density at radius 1 is 1.32 bits per heavy atom. The lowest BCUT2D eigenvalue weighted by molar-refractivity contribution is 0.413. The van der Waals surface area contributed by atoms with Crippen molar-refractivity contribution in [1.29, 1.82) is 0 Å². The van der Waals surface area contributed by atoms with E-state index in [1.54, 1.807) is 18.4 Å². The number of hydrogen-bond acceptors (Lipinski definition) is 3. The Morgan fingerprint density at radius 2 is 2.14 bits per heavy atom. The molecule has 0 saturated heterocycles. The van der Waals surface area contributed by atoms with E-state index >= 15 is 0 Å². The third-order valence-electron chi connectivity index (χ3n) is 3.37. The standard InChI is InChI=1S/C17H23N3OS/c1-13-7-15(9-16(8-13)21-4)10-19-17(18-2)20(3)11-14-5-6-22-12-14/h5-9,12H,10-11H2,1-4H3,(H,18,19). The van der Waals surface area contributed by atoms with Crippen molar-refractivity contribution >= 4 is 17.3 Å². The van der Waals surface area contributed by atoms with Gasteiger partial charge < -0.3 is 15.0 Å². The molecule has 5 heteroatoms. The summed E-state index contributed by atoms with van der Waals surface area (Å²) < 4.78 is 5.32. The van der Waals surface area contributed by atoms with Crippen molar-refractivity contribution in [2.45, 2.75) is 20.0 Å². The molecular formula is C17H23N3OS. The summed E-state index contributed by atoms with van der Waals surface area (Å²) in [6, 6.07) is 8.37. The van der Waals surface area contributed by atoms with Gasteiger partial charge in [-0.1, -0.05) is 6.07 Å². The van der Waals surface area contributed by atoms with Crippen LogP contribution in [0, 0.1) is 6.92 Å². The Hall–Kier alpha value is -2.01.